The van der Waals surface area contributed by atoms with Gasteiger partial charge in [-0.3, -0.25) is 9.99 Å². The molecule has 38 heavy (non-hydrogen) atoms. The Hall–Kier alpha value is -4.07. The van der Waals surface area contributed by atoms with Crippen LogP contribution in [0.5, 0.6) is 0 Å². The fraction of sp³-hybridized carbons (Fsp3) is 0.111. The highest BCUT2D eigenvalue weighted by Crippen LogP contribution is 2.37. The van der Waals surface area contributed by atoms with Crippen LogP contribution in [0.2, 0.25) is 10.0 Å². The van der Waals surface area contributed by atoms with E-state index in [2.05, 4.69) is 32.6 Å². The molecule has 1 aliphatic rings. The number of β-amino-alcohol motifs (C(OH)–C–C–N with tert-alkyl or cyclic N) is 1. The molecule has 4 aromatic rings. The van der Waals surface area contributed by atoms with E-state index in [0.29, 0.717) is 39.5 Å². The van der Waals surface area contributed by atoms with Gasteiger partial charge in [-0.15, -0.1) is 5.53 Å². The lowest BCUT2D eigenvalue weighted by molar-refractivity contribution is 0.195. The van der Waals surface area contributed by atoms with E-state index in [4.69, 9.17) is 23.2 Å². The van der Waals surface area contributed by atoms with Crippen LogP contribution in [0.15, 0.2) is 78.8 Å². The summed E-state index contributed by atoms with van der Waals surface area (Å²) in [6, 6.07) is 19.5. The summed E-state index contributed by atoms with van der Waals surface area (Å²) < 4.78 is 13.7. The third kappa shape index (κ3) is 5.30. The lowest BCUT2D eigenvalue weighted by Gasteiger charge is -2.22. The molecule has 1 aromatic heterocycles. The summed E-state index contributed by atoms with van der Waals surface area (Å²) in [6.07, 6.45) is 3.32. The third-order valence-corrected chi connectivity index (χ3v) is 6.55. The number of aromatic nitrogens is 1. The maximum Gasteiger partial charge on any atom is 0.141 e. The first kappa shape index (κ1) is 25.6. The van der Waals surface area contributed by atoms with Gasteiger partial charge in [0.25, 0.3) is 0 Å². The highest BCUT2D eigenvalue weighted by atomic mass is 35.5. The van der Waals surface area contributed by atoms with E-state index in [9.17, 15) is 14.8 Å². The predicted molar refractivity (Wildman–Crippen MR) is 147 cm³/mol. The summed E-state index contributed by atoms with van der Waals surface area (Å²) in [5.41, 5.74) is 10.4. The Morgan fingerprint density at radius 1 is 1.08 bits per heavy atom. The van der Waals surface area contributed by atoms with Crippen molar-refractivity contribution in [3.05, 3.63) is 106 Å². The standard InChI is InChI=1S/C27H22Cl2FN7O/c28-21-11-18(6-7-23(21)30)33-25-17(13-31)14-32-27-20(25)10-19(12-22(27)29)34-26(16-4-2-1-3-5-16)24-15-37(8-9-38)36-35-24/h1-7,10-12,14-15,26,34-36,38H,8-9H2,(H,32,33)/t26-/m0/s1. The Morgan fingerprint density at radius 3 is 2.61 bits per heavy atom. The summed E-state index contributed by atoms with van der Waals surface area (Å²) in [5.74, 6) is -0.541. The third-order valence-electron chi connectivity index (χ3n) is 5.97. The maximum absolute atomic E-state index is 13.7. The number of rotatable bonds is 8. The van der Waals surface area contributed by atoms with Gasteiger partial charge < -0.3 is 21.2 Å². The summed E-state index contributed by atoms with van der Waals surface area (Å²) >= 11 is 12.6. The number of aliphatic hydroxyl groups excluding tert-OH is 1. The van der Waals surface area contributed by atoms with Gasteiger partial charge in [-0.2, -0.15) is 5.26 Å². The van der Waals surface area contributed by atoms with Crippen molar-refractivity contribution in [2.45, 2.75) is 6.04 Å². The van der Waals surface area contributed by atoms with Crippen molar-refractivity contribution in [3.63, 3.8) is 0 Å². The predicted octanol–water partition coefficient (Wildman–Crippen LogP) is 5.61. The van der Waals surface area contributed by atoms with Gasteiger partial charge in [0, 0.05) is 29.2 Å². The summed E-state index contributed by atoms with van der Waals surface area (Å²) in [6.45, 7) is 0.399. The van der Waals surface area contributed by atoms with Gasteiger partial charge >= 0.3 is 0 Å². The molecule has 0 unspecified atom stereocenters. The minimum Gasteiger partial charge on any atom is -0.394 e. The van der Waals surface area contributed by atoms with E-state index in [1.54, 1.807) is 11.1 Å². The zero-order valence-electron chi connectivity index (χ0n) is 19.8. The van der Waals surface area contributed by atoms with E-state index < -0.39 is 5.82 Å². The molecule has 5 rings (SSSR count). The molecule has 11 heteroatoms. The summed E-state index contributed by atoms with van der Waals surface area (Å²) in [5, 5.41) is 28.5. The molecule has 0 aliphatic carbocycles. The normalized spacial score (nSPS) is 13.6. The fourth-order valence-corrected chi connectivity index (χ4v) is 4.63. The molecule has 0 saturated carbocycles. The first-order valence-corrected chi connectivity index (χ1v) is 12.4. The van der Waals surface area contributed by atoms with Gasteiger partial charge in [0.15, 0.2) is 0 Å². The topological polar surface area (TPSA) is 108 Å². The van der Waals surface area contributed by atoms with Gasteiger partial charge in [-0.05, 0) is 35.9 Å². The first-order valence-electron chi connectivity index (χ1n) is 11.6. The number of hydrogen-bond acceptors (Lipinski definition) is 8. The number of benzene rings is 3. The van der Waals surface area contributed by atoms with Crippen molar-refractivity contribution in [2.24, 2.45) is 0 Å². The van der Waals surface area contributed by atoms with Crippen molar-refractivity contribution in [2.75, 3.05) is 23.8 Å². The fourth-order valence-electron chi connectivity index (χ4n) is 4.18. The highest BCUT2D eigenvalue weighted by Gasteiger charge is 2.23. The lowest BCUT2D eigenvalue weighted by atomic mass is 10.0. The lowest BCUT2D eigenvalue weighted by Crippen LogP contribution is -2.38. The number of hydrazine groups is 2. The van der Waals surface area contributed by atoms with E-state index >= 15 is 0 Å². The van der Waals surface area contributed by atoms with Crippen molar-refractivity contribution in [1.82, 2.24) is 21.0 Å². The van der Waals surface area contributed by atoms with Crippen LogP contribution in [-0.2, 0) is 0 Å². The Balaban J connectivity index is 1.58. The molecule has 0 amide bonds. The maximum atomic E-state index is 13.7. The molecular weight excluding hydrogens is 528 g/mol. The van der Waals surface area contributed by atoms with Crippen molar-refractivity contribution in [1.29, 1.82) is 5.26 Å². The number of nitriles is 1. The molecule has 3 aromatic carbocycles. The van der Waals surface area contributed by atoms with Crippen LogP contribution in [0.3, 0.4) is 0 Å². The van der Waals surface area contributed by atoms with Gasteiger partial charge in [-0.1, -0.05) is 53.5 Å². The van der Waals surface area contributed by atoms with Crippen LogP contribution in [0.25, 0.3) is 10.9 Å². The average molecular weight is 550 g/mol. The van der Waals surface area contributed by atoms with E-state index in [1.807, 2.05) is 42.6 Å². The second-order valence-corrected chi connectivity index (χ2v) is 9.31. The molecule has 0 spiro atoms. The second-order valence-electron chi connectivity index (χ2n) is 8.49. The number of halogens is 3. The molecule has 8 nitrogen and oxygen atoms in total. The van der Waals surface area contributed by atoms with Crippen molar-refractivity contribution < 1.29 is 9.50 Å². The molecule has 0 saturated heterocycles. The highest BCUT2D eigenvalue weighted by molar-refractivity contribution is 6.36. The zero-order chi connectivity index (χ0) is 26.6. The van der Waals surface area contributed by atoms with Gasteiger partial charge in [0.2, 0.25) is 0 Å². The number of pyridine rings is 1. The number of nitrogens with zero attached hydrogens (tertiary/aromatic N) is 3. The van der Waals surface area contributed by atoms with Crippen LogP contribution in [0.4, 0.5) is 21.5 Å². The number of fused-ring (bicyclic) bond motifs is 1. The molecule has 192 valence electrons. The second kappa shape index (κ2) is 11.1. The van der Waals surface area contributed by atoms with Crippen LogP contribution in [0.1, 0.15) is 17.2 Å². The molecule has 2 heterocycles. The SMILES string of the molecule is N#Cc1cnc2c(Cl)cc(N[C@H](C3=CN(CCO)NN3)c3ccccc3)cc2c1Nc1ccc(F)c(Cl)c1. The minimum absolute atomic E-state index is 0.00849. The van der Waals surface area contributed by atoms with Crippen molar-refractivity contribution in [3.8, 4) is 6.07 Å². The van der Waals surface area contributed by atoms with Crippen LogP contribution in [0, 0.1) is 17.1 Å². The van der Waals surface area contributed by atoms with Crippen molar-refractivity contribution >= 4 is 51.2 Å². The average Bonchev–Trinajstić information content (AvgIpc) is 3.38. The first-order chi connectivity index (χ1) is 18.5. The zero-order valence-corrected chi connectivity index (χ0v) is 21.4. The van der Waals surface area contributed by atoms with E-state index in [-0.39, 0.29) is 23.2 Å². The van der Waals surface area contributed by atoms with Gasteiger partial charge in [0.1, 0.15) is 11.9 Å². The molecule has 1 atom stereocenters. The van der Waals surface area contributed by atoms with Crippen LogP contribution in [-0.4, -0.2) is 28.3 Å². The Morgan fingerprint density at radius 2 is 1.87 bits per heavy atom. The van der Waals surface area contributed by atoms with E-state index in [0.717, 1.165) is 11.3 Å². The number of nitrogens with one attached hydrogen (secondary N) is 4. The van der Waals surface area contributed by atoms with Crippen LogP contribution < -0.4 is 21.6 Å². The molecule has 0 radical (unpaired) electrons. The van der Waals surface area contributed by atoms with Crippen LogP contribution >= 0.6 is 23.2 Å². The monoisotopic (exact) mass is 549 g/mol. The quantitative estimate of drug-likeness (QED) is 0.193. The largest absolute Gasteiger partial charge is 0.394 e. The molecule has 0 fully saturated rings. The Bertz CT molecular complexity index is 1560. The number of hydrogen-bond donors (Lipinski definition) is 5. The summed E-state index contributed by atoms with van der Waals surface area (Å²) in [4.78, 5) is 4.40. The summed E-state index contributed by atoms with van der Waals surface area (Å²) in [7, 11) is 0. The Kier molecular flexibility index (Phi) is 7.49. The molecular formula is C27H22Cl2FN7O. The number of aliphatic hydroxyl groups is 1. The smallest absolute Gasteiger partial charge is 0.141 e. The molecule has 0 bridgehead atoms. The van der Waals surface area contributed by atoms with E-state index in [1.165, 1.54) is 24.4 Å². The van der Waals surface area contributed by atoms with Gasteiger partial charge in [0.05, 0.1) is 51.7 Å². The minimum atomic E-state index is -0.541. The number of anilines is 3. The van der Waals surface area contributed by atoms with Gasteiger partial charge in [-0.25, -0.2) is 4.39 Å². The Labute approximate surface area is 228 Å². The molecule has 5 N–H and O–H groups in total. The molecule has 1 aliphatic heterocycles.